The van der Waals surface area contributed by atoms with Crippen molar-refractivity contribution in [3.63, 3.8) is 0 Å². The van der Waals surface area contributed by atoms with Gasteiger partial charge in [0, 0.05) is 12.1 Å². The Bertz CT molecular complexity index is 709. The molecule has 0 aromatic rings. The van der Waals surface area contributed by atoms with Gasteiger partial charge in [0.1, 0.15) is 24.3 Å². The molecule has 0 aromatic heterocycles. The van der Waals surface area contributed by atoms with Gasteiger partial charge in [-0.25, -0.2) is 9.59 Å². The fourth-order valence-electron chi connectivity index (χ4n) is 3.92. The zero-order valence-corrected chi connectivity index (χ0v) is 26.3. The summed E-state index contributed by atoms with van der Waals surface area (Å²) in [4.78, 5) is 47.2. The molecule has 0 rings (SSSR count). The lowest BCUT2D eigenvalue weighted by atomic mass is 10.0. The van der Waals surface area contributed by atoms with Crippen molar-refractivity contribution in [1.29, 1.82) is 0 Å². The van der Waals surface area contributed by atoms with Crippen LogP contribution in [-0.2, 0) is 28.7 Å². The van der Waals surface area contributed by atoms with Crippen LogP contribution in [0.1, 0.15) is 79.1 Å². The number of esters is 2. The SMILES string of the molecule is COC(=O)[C@H](CC(C)C)NC(=O)[C@@H](O)[C@@H](N)CCCCN.COC(=O)[C@H](CC(C)C)NC(=O)[C@H](O)[C@@H](N)CCCCN. The standard InChI is InChI=1S/2C14H29N3O4/c2*1-9(2)8-11(14(20)21-3)17-13(19)12(18)10(16)6-4-5-7-15/h2*9-12,18H,4-8,15-16H2,1-3H3,(H,17,19)/t10-,11-,12+;10-,11-,12-/m00/s1. The number of nitrogens with one attached hydrogen (secondary N) is 2. The quantitative estimate of drug-likeness (QED) is 0.0614. The van der Waals surface area contributed by atoms with Crippen LogP contribution in [0.5, 0.6) is 0 Å². The van der Waals surface area contributed by atoms with Gasteiger partial charge in [-0.05, 0) is 63.5 Å². The van der Waals surface area contributed by atoms with E-state index < -0.39 is 60.1 Å². The first kappa shape index (κ1) is 41.8. The number of aliphatic hydroxyl groups is 2. The number of aliphatic hydroxyl groups excluding tert-OH is 2. The maximum atomic E-state index is 12.0. The van der Waals surface area contributed by atoms with Crippen molar-refractivity contribution < 1.29 is 38.9 Å². The van der Waals surface area contributed by atoms with Crippen LogP contribution in [0.2, 0.25) is 0 Å². The highest BCUT2D eigenvalue weighted by atomic mass is 16.5. The van der Waals surface area contributed by atoms with Crippen molar-refractivity contribution in [3.05, 3.63) is 0 Å². The molecule has 0 unspecified atom stereocenters. The molecular formula is C28H58N6O8. The van der Waals surface area contributed by atoms with Gasteiger partial charge < -0.3 is 53.3 Å². The summed E-state index contributed by atoms with van der Waals surface area (Å²) in [6.45, 7) is 8.81. The molecule has 0 aliphatic heterocycles. The summed E-state index contributed by atoms with van der Waals surface area (Å²) in [5.41, 5.74) is 22.3. The molecule has 6 atom stereocenters. The van der Waals surface area contributed by atoms with Crippen molar-refractivity contribution in [3.8, 4) is 0 Å². The van der Waals surface area contributed by atoms with E-state index >= 15 is 0 Å². The van der Waals surface area contributed by atoms with Gasteiger partial charge in [0.2, 0.25) is 0 Å². The van der Waals surface area contributed by atoms with E-state index in [2.05, 4.69) is 20.1 Å². The number of unbranched alkanes of at least 4 members (excludes halogenated alkanes) is 2. The fourth-order valence-corrected chi connectivity index (χ4v) is 3.92. The summed E-state index contributed by atoms with van der Waals surface area (Å²) >= 11 is 0. The monoisotopic (exact) mass is 606 g/mol. The third-order valence-electron chi connectivity index (χ3n) is 6.35. The van der Waals surface area contributed by atoms with Crippen molar-refractivity contribution in [2.45, 2.75) is 115 Å². The lowest BCUT2D eigenvalue weighted by molar-refractivity contribution is -0.147. The first-order valence-electron chi connectivity index (χ1n) is 14.7. The van der Waals surface area contributed by atoms with Crippen molar-refractivity contribution in [2.24, 2.45) is 34.8 Å². The second-order valence-electron chi connectivity index (χ2n) is 11.2. The van der Waals surface area contributed by atoms with Gasteiger partial charge in [-0.15, -0.1) is 0 Å². The largest absolute Gasteiger partial charge is 0.467 e. The molecule has 0 bridgehead atoms. The fraction of sp³-hybridized carbons (Fsp3) is 0.857. The molecule has 0 aliphatic carbocycles. The molecular weight excluding hydrogens is 548 g/mol. The average molecular weight is 607 g/mol. The van der Waals surface area contributed by atoms with E-state index in [0.29, 0.717) is 38.8 Å². The summed E-state index contributed by atoms with van der Waals surface area (Å²) < 4.78 is 9.31. The second-order valence-corrected chi connectivity index (χ2v) is 11.2. The highest BCUT2D eigenvalue weighted by molar-refractivity contribution is 5.87. The highest BCUT2D eigenvalue weighted by Crippen LogP contribution is 2.10. The number of rotatable bonds is 20. The minimum atomic E-state index is -1.35. The molecule has 14 nitrogen and oxygen atoms in total. The van der Waals surface area contributed by atoms with Crippen LogP contribution in [0.25, 0.3) is 0 Å². The lowest BCUT2D eigenvalue weighted by Gasteiger charge is -2.23. The Balaban J connectivity index is 0. The Kier molecular flexibility index (Phi) is 24.0. The van der Waals surface area contributed by atoms with Crippen molar-refractivity contribution >= 4 is 23.8 Å². The van der Waals surface area contributed by atoms with Gasteiger partial charge in [0.15, 0.2) is 0 Å². The Morgan fingerprint density at radius 3 is 1.19 bits per heavy atom. The minimum absolute atomic E-state index is 0.199. The van der Waals surface area contributed by atoms with Crippen LogP contribution in [-0.4, -0.2) is 97.7 Å². The van der Waals surface area contributed by atoms with E-state index in [-0.39, 0.29) is 11.8 Å². The molecule has 42 heavy (non-hydrogen) atoms. The molecule has 14 heteroatoms. The Labute approximate surface area is 251 Å². The average Bonchev–Trinajstić information content (AvgIpc) is 2.94. The van der Waals surface area contributed by atoms with Crippen LogP contribution in [0, 0.1) is 11.8 Å². The first-order chi connectivity index (χ1) is 19.7. The predicted molar refractivity (Wildman–Crippen MR) is 161 cm³/mol. The van der Waals surface area contributed by atoms with Gasteiger partial charge in [0.05, 0.1) is 14.2 Å². The number of carbonyl (C=O) groups excluding carboxylic acids is 4. The molecule has 0 fully saturated rings. The number of ether oxygens (including phenoxy) is 2. The Morgan fingerprint density at radius 2 is 0.952 bits per heavy atom. The molecule has 0 heterocycles. The zero-order valence-electron chi connectivity index (χ0n) is 26.3. The lowest BCUT2D eigenvalue weighted by Crippen LogP contribution is -2.51. The summed E-state index contributed by atoms with van der Waals surface area (Å²) in [5.74, 6) is -1.95. The third-order valence-corrected chi connectivity index (χ3v) is 6.35. The number of methoxy groups -OCH3 is 2. The van der Waals surface area contributed by atoms with Gasteiger partial charge in [0.25, 0.3) is 11.8 Å². The van der Waals surface area contributed by atoms with Crippen LogP contribution >= 0.6 is 0 Å². The van der Waals surface area contributed by atoms with E-state index in [4.69, 9.17) is 22.9 Å². The summed E-state index contributed by atoms with van der Waals surface area (Å²) in [5, 5.41) is 24.8. The zero-order chi connectivity index (χ0) is 32.8. The van der Waals surface area contributed by atoms with E-state index in [0.717, 1.165) is 25.7 Å². The van der Waals surface area contributed by atoms with Crippen LogP contribution in [0.15, 0.2) is 0 Å². The third kappa shape index (κ3) is 18.9. The minimum Gasteiger partial charge on any atom is -0.467 e. The molecule has 2 amide bonds. The smallest absolute Gasteiger partial charge is 0.328 e. The topological polar surface area (TPSA) is 255 Å². The number of hydrogen-bond acceptors (Lipinski definition) is 12. The molecule has 0 aliphatic rings. The van der Waals surface area contributed by atoms with Crippen LogP contribution < -0.4 is 33.6 Å². The normalized spacial score (nSPS) is 15.4. The van der Waals surface area contributed by atoms with E-state index in [9.17, 15) is 29.4 Å². The highest BCUT2D eigenvalue weighted by Gasteiger charge is 2.30. The predicted octanol–water partition coefficient (Wildman–Crippen LogP) is -0.985. The molecule has 0 spiro atoms. The van der Waals surface area contributed by atoms with Crippen LogP contribution in [0.4, 0.5) is 0 Å². The van der Waals surface area contributed by atoms with E-state index in [1.54, 1.807) is 0 Å². The number of carbonyl (C=O) groups is 4. The Morgan fingerprint density at radius 1 is 0.643 bits per heavy atom. The first-order valence-corrected chi connectivity index (χ1v) is 14.7. The number of amides is 2. The molecule has 12 N–H and O–H groups in total. The molecule has 0 aromatic carbocycles. The maximum Gasteiger partial charge on any atom is 0.328 e. The summed E-state index contributed by atoms with van der Waals surface area (Å²) in [6, 6.07) is -2.88. The number of nitrogens with two attached hydrogens (primary N) is 4. The summed E-state index contributed by atoms with van der Waals surface area (Å²) in [6.07, 6.45) is 2.26. The van der Waals surface area contributed by atoms with Crippen LogP contribution in [0.3, 0.4) is 0 Å². The molecule has 0 saturated carbocycles. The Hall–Kier alpha value is -2.36. The second kappa shape index (κ2) is 24.1. The number of hydrogen-bond donors (Lipinski definition) is 8. The van der Waals surface area contributed by atoms with Crippen molar-refractivity contribution in [2.75, 3.05) is 27.3 Å². The van der Waals surface area contributed by atoms with Gasteiger partial charge in [-0.3, -0.25) is 9.59 Å². The molecule has 0 radical (unpaired) electrons. The van der Waals surface area contributed by atoms with Gasteiger partial charge >= 0.3 is 11.9 Å². The van der Waals surface area contributed by atoms with Gasteiger partial charge in [-0.1, -0.05) is 40.5 Å². The maximum absolute atomic E-state index is 12.0. The molecule has 248 valence electrons. The van der Waals surface area contributed by atoms with E-state index in [1.165, 1.54) is 14.2 Å². The molecule has 0 saturated heterocycles. The van der Waals surface area contributed by atoms with E-state index in [1.807, 2.05) is 27.7 Å². The van der Waals surface area contributed by atoms with Gasteiger partial charge in [-0.2, -0.15) is 0 Å². The summed E-state index contributed by atoms with van der Waals surface area (Å²) in [7, 11) is 2.52. The van der Waals surface area contributed by atoms with Crippen molar-refractivity contribution in [1.82, 2.24) is 10.6 Å².